The summed E-state index contributed by atoms with van der Waals surface area (Å²) in [5, 5.41) is 2.77. The summed E-state index contributed by atoms with van der Waals surface area (Å²) in [6, 6.07) is 13.7. The van der Waals surface area contributed by atoms with Gasteiger partial charge in [-0.2, -0.15) is 0 Å². The first-order valence-corrected chi connectivity index (χ1v) is 6.78. The van der Waals surface area contributed by atoms with Gasteiger partial charge in [0.1, 0.15) is 0 Å². The van der Waals surface area contributed by atoms with Gasteiger partial charge >= 0.3 is 0 Å². The number of Topliss-reactive ketones (excluding diaryl/α,β-unsaturated/α-hetero) is 1. The van der Waals surface area contributed by atoms with E-state index in [2.05, 4.69) is 5.32 Å². The maximum atomic E-state index is 11.8. The van der Waals surface area contributed by atoms with Crippen molar-refractivity contribution in [2.24, 2.45) is 0 Å². The van der Waals surface area contributed by atoms with Crippen molar-refractivity contribution in [1.82, 2.24) is 0 Å². The van der Waals surface area contributed by atoms with Crippen molar-refractivity contribution in [3.63, 3.8) is 0 Å². The number of benzene rings is 2. The van der Waals surface area contributed by atoms with Crippen LogP contribution in [0.3, 0.4) is 0 Å². The van der Waals surface area contributed by atoms with Gasteiger partial charge in [0.05, 0.1) is 11.3 Å². The van der Waals surface area contributed by atoms with Gasteiger partial charge in [-0.1, -0.05) is 30.3 Å². The van der Waals surface area contributed by atoms with Crippen LogP contribution in [0.25, 0.3) is 0 Å². The third kappa shape index (κ3) is 2.79. The summed E-state index contributed by atoms with van der Waals surface area (Å²) in [6.07, 6.45) is 0.699. The lowest BCUT2D eigenvalue weighted by Crippen LogP contribution is -2.26. The highest BCUT2D eigenvalue weighted by molar-refractivity contribution is 6.03. The molecule has 0 aliphatic carbocycles. The molecule has 1 heterocycles. The minimum absolute atomic E-state index is 0.0503. The molecule has 1 amide bonds. The molecule has 0 saturated carbocycles. The van der Waals surface area contributed by atoms with Crippen LogP contribution in [-0.4, -0.2) is 18.3 Å². The molecule has 3 rings (SSSR count). The van der Waals surface area contributed by atoms with Crippen molar-refractivity contribution in [2.45, 2.75) is 13.3 Å². The Labute approximate surface area is 122 Å². The monoisotopic (exact) mass is 281 g/mol. The van der Waals surface area contributed by atoms with Crippen molar-refractivity contribution < 1.29 is 14.3 Å². The molecule has 4 nitrogen and oxygen atoms in total. The van der Waals surface area contributed by atoms with Gasteiger partial charge in [0.2, 0.25) is 0 Å². The molecule has 1 aliphatic heterocycles. The molecule has 0 saturated heterocycles. The van der Waals surface area contributed by atoms with E-state index >= 15 is 0 Å². The molecular formula is C17H15NO3. The SMILES string of the molecule is CC(=O)c1cc(Cc2ccccc2)cc2c1OCC(=O)N2. The summed E-state index contributed by atoms with van der Waals surface area (Å²) < 4.78 is 5.40. The molecule has 0 aromatic heterocycles. The van der Waals surface area contributed by atoms with Crippen LogP contribution in [0.1, 0.15) is 28.4 Å². The Morgan fingerprint density at radius 1 is 1.19 bits per heavy atom. The van der Waals surface area contributed by atoms with Crippen LogP contribution in [0.4, 0.5) is 5.69 Å². The quantitative estimate of drug-likeness (QED) is 0.880. The Morgan fingerprint density at radius 2 is 1.95 bits per heavy atom. The second kappa shape index (κ2) is 5.40. The van der Waals surface area contributed by atoms with E-state index in [1.807, 2.05) is 42.5 Å². The lowest BCUT2D eigenvalue weighted by Gasteiger charge is -2.21. The number of carbonyl (C=O) groups excluding carboxylic acids is 2. The van der Waals surface area contributed by atoms with Crippen molar-refractivity contribution in [2.75, 3.05) is 11.9 Å². The molecule has 4 heteroatoms. The average molecular weight is 281 g/mol. The van der Waals surface area contributed by atoms with Crippen LogP contribution in [0.15, 0.2) is 42.5 Å². The zero-order valence-electron chi connectivity index (χ0n) is 11.7. The highest BCUT2D eigenvalue weighted by atomic mass is 16.5. The minimum Gasteiger partial charge on any atom is -0.481 e. The lowest BCUT2D eigenvalue weighted by atomic mass is 9.99. The van der Waals surface area contributed by atoms with Crippen molar-refractivity contribution in [3.8, 4) is 5.75 Å². The van der Waals surface area contributed by atoms with Crippen LogP contribution in [0.5, 0.6) is 5.75 Å². The fraction of sp³-hybridized carbons (Fsp3) is 0.176. The highest BCUT2D eigenvalue weighted by Gasteiger charge is 2.22. The smallest absolute Gasteiger partial charge is 0.262 e. The molecule has 0 radical (unpaired) electrons. The predicted octanol–water partition coefficient (Wildman–Crippen LogP) is 2.81. The maximum absolute atomic E-state index is 11.8. The van der Waals surface area contributed by atoms with E-state index in [9.17, 15) is 9.59 Å². The number of fused-ring (bicyclic) bond motifs is 1. The second-order valence-corrected chi connectivity index (χ2v) is 5.08. The van der Waals surface area contributed by atoms with Crippen LogP contribution < -0.4 is 10.1 Å². The van der Waals surface area contributed by atoms with Gasteiger partial charge in [-0.3, -0.25) is 9.59 Å². The summed E-state index contributed by atoms with van der Waals surface area (Å²) in [4.78, 5) is 23.3. The number of amides is 1. The van der Waals surface area contributed by atoms with Gasteiger partial charge in [-0.15, -0.1) is 0 Å². The zero-order chi connectivity index (χ0) is 14.8. The van der Waals surface area contributed by atoms with E-state index in [-0.39, 0.29) is 18.3 Å². The van der Waals surface area contributed by atoms with Gasteiger partial charge in [-0.05, 0) is 36.6 Å². The van der Waals surface area contributed by atoms with E-state index in [0.717, 1.165) is 11.1 Å². The average Bonchev–Trinajstić information content (AvgIpc) is 2.47. The Balaban J connectivity index is 2.02. The minimum atomic E-state index is -0.200. The fourth-order valence-corrected chi connectivity index (χ4v) is 2.46. The molecule has 106 valence electrons. The van der Waals surface area contributed by atoms with E-state index in [0.29, 0.717) is 23.4 Å². The summed E-state index contributed by atoms with van der Waals surface area (Å²) in [5.41, 5.74) is 3.20. The zero-order valence-corrected chi connectivity index (χ0v) is 11.7. The normalized spacial score (nSPS) is 13.1. The number of hydrogen-bond donors (Lipinski definition) is 1. The standard InChI is InChI=1S/C17H15NO3/c1-11(19)14-8-13(7-12-5-3-2-4-6-12)9-15-17(14)21-10-16(20)18-15/h2-6,8-9H,7,10H2,1H3,(H,18,20). The molecule has 0 unspecified atom stereocenters. The Hall–Kier alpha value is -2.62. The van der Waals surface area contributed by atoms with Gasteiger partial charge in [0.25, 0.3) is 5.91 Å². The Morgan fingerprint density at radius 3 is 2.67 bits per heavy atom. The van der Waals surface area contributed by atoms with Gasteiger partial charge in [0, 0.05) is 0 Å². The Kier molecular flexibility index (Phi) is 3.44. The van der Waals surface area contributed by atoms with Gasteiger partial charge < -0.3 is 10.1 Å². The number of hydrogen-bond acceptors (Lipinski definition) is 3. The molecule has 0 spiro atoms. The predicted molar refractivity (Wildman–Crippen MR) is 79.8 cm³/mol. The summed E-state index contributed by atoms with van der Waals surface area (Å²) in [5.74, 6) is 0.199. The number of anilines is 1. The van der Waals surface area contributed by atoms with Crippen molar-refractivity contribution in [3.05, 3.63) is 59.2 Å². The number of nitrogens with one attached hydrogen (secondary N) is 1. The topological polar surface area (TPSA) is 55.4 Å². The van der Waals surface area contributed by atoms with E-state index in [1.165, 1.54) is 6.92 Å². The molecule has 0 bridgehead atoms. The van der Waals surface area contributed by atoms with Crippen LogP contribution in [0, 0.1) is 0 Å². The third-order valence-corrected chi connectivity index (χ3v) is 3.40. The number of ether oxygens (including phenoxy) is 1. The summed E-state index contributed by atoms with van der Waals surface area (Å²) in [6.45, 7) is 1.45. The van der Waals surface area contributed by atoms with Crippen LogP contribution in [-0.2, 0) is 11.2 Å². The van der Waals surface area contributed by atoms with Gasteiger partial charge in [0.15, 0.2) is 18.1 Å². The lowest BCUT2D eigenvalue weighted by molar-refractivity contribution is -0.118. The maximum Gasteiger partial charge on any atom is 0.262 e. The molecule has 1 N–H and O–H groups in total. The molecule has 1 aliphatic rings. The number of rotatable bonds is 3. The van der Waals surface area contributed by atoms with E-state index < -0.39 is 0 Å². The number of ketones is 1. The molecule has 0 atom stereocenters. The molecular weight excluding hydrogens is 266 g/mol. The Bertz CT molecular complexity index is 707. The summed E-state index contributed by atoms with van der Waals surface area (Å²) >= 11 is 0. The molecule has 0 fully saturated rings. The number of carbonyl (C=O) groups is 2. The van der Waals surface area contributed by atoms with Gasteiger partial charge in [-0.25, -0.2) is 0 Å². The van der Waals surface area contributed by atoms with E-state index in [4.69, 9.17) is 4.74 Å². The first kappa shape index (κ1) is 13.4. The first-order valence-electron chi connectivity index (χ1n) is 6.78. The summed E-state index contributed by atoms with van der Waals surface area (Å²) in [7, 11) is 0. The van der Waals surface area contributed by atoms with Crippen molar-refractivity contribution >= 4 is 17.4 Å². The largest absolute Gasteiger partial charge is 0.481 e. The highest BCUT2D eigenvalue weighted by Crippen LogP contribution is 2.34. The fourth-order valence-electron chi connectivity index (χ4n) is 2.46. The molecule has 2 aromatic rings. The van der Waals surface area contributed by atoms with Crippen LogP contribution in [0.2, 0.25) is 0 Å². The molecule has 21 heavy (non-hydrogen) atoms. The first-order chi connectivity index (χ1) is 10.1. The van der Waals surface area contributed by atoms with Crippen LogP contribution >= 0.6 is 0 Å². The van der Waals surface area contributed by atoms with Crippen molar-refractivity contribution in [1.29, 1.82) is 0 Å². The molecule has 2 aromatic carbocycles. The third-order valence-electron chi connectivity index (χ3n) is 3.40. The second-order valence-electron chi connectivity index (χ2n) is 5.08. The van der Waals surface area contributed by atoms with E-state index in [1.54, 1.807) is 0 Å².